The molecular weight excluding hydrogens is 449 g/mol. The maximum atomic E-state index is 13.6. The summed E-state index contributed by atoms with van der Waals surface area (Å²) in [6, 6.07) is 7.18. The number of ether oxygens (including phenoxy) is 1. The van der Waals surface area contributed by atoms with E-state index in [1.54, 1.807) is 0 Å². The summed E-state index contributed by atoms with van der Waals surface area (Å²) < 4.78 is 72.5. The summed E-state index contributed by atoms with van der Waals surface area (Å²) in [6.07, 6.45) is -4.70. The summed E-state index contributed by atoms with van der Waals surface area (Å²) in [6.45, 7) is 1.02. The quantitative estimate of drug-likeness (QED) is 0.484. The number of thiocarbonyl (C=S) groups is 1. The highest BCUT2D eigenvalue weighted by molar-refractivity contribution is 7.89. The number of halogens is 4. The van der Waals surface area contributed by atoms with E-state index >= 15 is 0 Å². The van der Waals surface area contributed by atoms with Crippen molar-refractivity contribution in [2.75, 3.05) is 26.3 Å². The van der Waals surface area contributed by atoms with E-state index in [1.165, 1.54) is 34.6 Å². The van der Waals surface area contributed by atoms with Crippen LogP contribution in [0.15, 0.2) is 46.3 Å². The van der Waals surface area contributed by atoms with Gasteiger partial charge in [-0.3, -0.25) is 0 Å². The molecule has 1 heterocycles. The highest BCUT2D eigenvalue weighted by atomic mass is 35.5. The van der Waals surface area contributed by atoms with E-state index in [0.29, 0.717) is 13.2 Å². The van der Waals surface area contributed by atoms with Crippen molar-refractivity contribution in [3.8, 4) is 11.1 Å². The van der Waals surface area contributed by atoms with Gasteiger partial charge in [0.15, 0.2) is 0 Å². The third-order valence-corrected chi connectivity index (χ3v) is 6.61. The Morgan fingerprint density at radius 3 is 2.31 bits per heavy atom. The Bertz CT molecular complexity index is 1060. The molecule has 1 aliphatic heterocycles. The van der Waals surface area contributed by atoms with Crippen LogP contribution < -0.4 is 0 Å². The van der Waals surface area contributed by atoms with Gasteiger partial charge in [-0.25, -0.2) is 8.42 Å². The number of isothiocyanates is 1. The van der Waals surface area contributed by atoms with Crippen molar-refractivity contribution >= 4 is 44.7 Å². The average Bonchev–Trinajstić information content (AvgIpc) is 2.68. The summed E-state index contributed by atoms with van der Waals surface area (Å²) >= 11 is 10.5. The van der Waals surface area contributed by atoms with Crippen LogP contribution in [0.25, 0.3) is 11.1 Å². The number of benzene rings is 2. The van der Waals surface area contributed by atoms with E-state index in [9.17, 15) is 21.6 Å². The van der Waals surface area contributed by atoms with E-state index in [-0.39, 0.29) is 39.8 Å². The van der Waals surface area contributed by atoms with Crippen molar-refractivity contribution in [1.29, 1.82) is 0 Å². The molecule has 0 radical (unpaired) electrons. The number of hydrogen-bond acceptors (Lipinski definition) is 5. The van der Waals surface area contributed by atoms with E-state index < -0.39 is 21.8 Å². The Morgan fingerprint density at radius 1 is 1.14 bits per heavy atom. The number of hydrogen-bond donors (Lipinski definition) is 0. The fourth-order valence-corrected chi connectivity index (χ4v) is 4.79. The van der Waals surface area contributed by atoms with Gasteiger partial charge in [-0.15, -0.1) is 0 Å². The van der Waals surface area contributed by atoms with Gasteiger partial charge >= 0.3 is 6.18 Å². The van der Waals surface area contributed by atoms with Crippen LogP contribution >= 0.6 is 23.8 Å². The number of rotatable bonds is 4. The van der Waals surface area contributed by atoms with Crippen molar-refractivity contribution < 1.29 is 26.3 Å². The predicted molar refractivity (Wildman–Crippen MR) is 106 cm³/mol. The monoisotopic (exact) mass is 462 g/mol. The van der Waals surface area contributed by atoms with Crippen LogP contribution in [-0.4, -0.2) is 44.2 Å². The van der Waals surface area contributed by atoms with Crippen LogP contribution in [0.1, 0.15) is 5.56 Å². The van der Waals surface area contributed by atoms with Gasteiger partial charge < -0.3 is 4.74 Å². The Hall–Kier alpha value is -1.81. The molecule has 0 amide bonds. The zero-order chi connectivity index (χ0) is 21.2. The second-order valence-electron chi connectivity index (χ2n) is 6.09. The Morgan fingerprint density at radius 2 is 1.76 bits per heavy atom. The van der Waals surface area contributed by atoms with Gasteiger partial charge in [0, 0.05) is 18.7 Å². The highest BCUT2D eigenvalue weighted by Gasteiger charge is 2.35. The molecule has 0 N–H and O–H groups in total. The Balaban J connectivity index is 2.05. The molecule has 0 spiro atoms. The lowest BCUT2D eigenvalue weighted by atomic mass is 9.98. The van der Waals surface area contributed by atoms with Gasteiger partial charge in [0.1, 0.15) is 0 Å². The molecule has 1 saturated heterocycles. The molecule has 1 fully saturated rings. The fourth-order valence-electron chi connectivity index (χ4n) is 2.96. The number of aliphatic imine (C=N–C) groups is 1. The third-order valence-electron chi connectivity index (χ3n) is 4.31. The Kier molecular flexibility index (Phi) is 6.42. The fraction of sp³-hybridized carbons (Fsp3) is 0.278. The normalized spacial score (nSPS) is 15.7. The summed E-state index contributed by atoms with van der Waals surface area (Å²) in [5.41, 5.74) is -1.22. The minimum atomic E-state index is -4.70. The number of sulfonamides is 1. The van der Waals surface area contributed by atoms with E-state index in [4.69, 9.17) is 16.3 Å². The SMILES string of the molecule is O=S(=O)(c1ccc(-c2c(Cl)cc(N=C=S)cc2C(F)(F)F)cc1)N1CCOCC1. The first-order chi connectivity index (χ1) is 13.6. The molecule has 0 saturated carbocycles. The third kappa shape index (κ3) is 4.69. The van der Waals surface area contributed by atoms with Crippen molar-refractivity contribution in [3.63, 3.8) is 0 Å². The molecule has 2 aromatic carbocycles. The lowest BCUT2D eigenvalue weighted by Gasteiger charge is -2.26. The number of alkyl halides is 3. The van der Waals surface area contributed by atoms with Gasteiger partial charge in [-0.2, -0.15) is 22.5 Å². The van der Waals surface area contributed by atoms with Crippen LogP contribution in [0.4, 0.5) is 18.9 Å². The van der Waals surface area contributed by atoms with Crippen LogP contribution in [-0.2, 0) is 20.9 Å². The standard InChI is InChI=1S/C18H14ClF3N2O3S2/c19-16-10-13(23-11-28)9-15(18(20,21)22)17(16)12-1-3-14(4-2-12)29(25,26)24-5-7-27-8-6-24/h1-4,9-10H,5-8H2. The van der Waals surface area contributed by atoms with Gasteiger partial charge in [0.05, 0.1) is 39.5 Å². The molecule has 11 heteroatoms. The molecule has 3 rings (SSSR count). The molecule has 0 aliphatic carbocycles. The maximum absolute atomic E-state index is 13.6. The van der Waals surface area contributed by atoms with Crippen molar-refractivity contribution in [3.05, 3.63) is 47.0 Å². The lowest BCUT2D eigenvalue weighted by molar-refractivity contribution is -0.137. The lowest BCUT2D eigenvalue weighted by Crippen LogP contribution is -2.40. The summed E-state index contributed by atoms with van der Waals surface area (Å²) in [5.74, 6) is 0. The maximum Gasteiger partial charge on any atom is 0.417 e. The first-order valence-electron chi connectivity index (χ1n) is 8.31. The van der Waals surface area contributed by atoms with Gasteiger partial charge in [-0.1, -0.05) is 23.7 Å². The summed E-state index contributed by atoms with van der Waals surface area (Å²) in [5, 5.41) is 1.82. The first-order valence-corrected chi connectivity index (χ1v) is 10.5. The number of nitrogens with zero attached hydrogens (tertiary/aromatic N) is 2. The van der Waals surface area contributed by atoms with E-state index in [2.05, 4.69) is 17.2 Å². The molecule has 0 unspecified atom stereocenters. The first kappa shape index (κ1) is 21.9. The highest BCUT2D eigenvalue weighted by Crippen LogP contribution is 2.43. The zero-order valence-corrected chi connectivity index (χ0v) is 17.1. The van der Waals surface area contributed by atoms with Gasteiger partial charge in [0.25, 0.3) is 0 Å². The largest absolute Gasteiger partial charge is 0.417 e. The molecule has 0 aromatic heterocycles. The molecule has 0 atom stereocenters. The molecule has 2 aromatic rings. The van der Waals surface area contributed by atoms with Crippen molar-refractivity contribution in [2.45, 2.75) is 11.1 Å². The van der Waals surface area contributed by atoms with Crippen LogP contribution in [0.2, 0.25) is 5.02 Å². The minimum Gasteiger partial charge on any atom is -0.379 e. The number of morpholine rings is 1. The van der Waals surface area contributed by atoms with E-state index in [1.807, 2.05) is 5.16 Å². The molecule has 0 bridgehead atoms. The van der Waals surface area contributed by atoms with Gasteiger partial charge in [0.2, 0.25) is 10.0 Å². The molecular formula is C18H14ClF3N2O3S2. The molecule has 1 aliphatic rings. The van der Waals surface area contributed by atoms with Crippen LogP contribution in [0.3, 0.4) is 0 Å². The smallest absolute Gasteiger partial charge is 0.379 e. The molecule has 154 valence electrons. The van der Waals surface area contributed by atoms with Crippen LogP contribution in [0.5, 0.6) is 0 Å². The predicted octanol–water partition coefficient (Wildman–Crippen LogP) is 4.78. The minimum absolute atomic E-state index is 0.0187. The second-order valence-corrected chi connectivity index (χ2v) is 8.62. The molecule has 5 nitrogen and oxygen atoms in total. The topological polar surface area (TPSA) is 59.0 Å². The van der Waals surface area contributed by atoms with Gasteiger partial charge in [-0.05, 0) is 42.0 Å². The summed E-state index contributed by atoms with van der Waals surface area (Å²) in [7, 11) is -3.76. The Labute approximate surface area is 175 Å². The second kappa shape index (κ2) is 8.51. The van der Waals surface area contributed by atoms with Crippen molar-refractivity contribution in [2.24, 2.45) is 4.99 Å². The summed E-state index contributed by atoms with van der Waals surface area (Å²) in [4.78, 5) is 3.54. The van der Waals surface area contributed by atoms with Crippen LogP contribution in [0, 0.1) is 0 Å². The average molecular weight is 463 g/mol. The van der Waals surface area contributed by atoms with E-state index in [0.717, 1.165) is 6.07 Å². The van der Waals surface area contributed by atoms with Crippen molar-refractivity contribution in [1.82, 2.24) is 4.31 Å². The molecule has 29 heavy (non-hydrogen) atoms. The zero-order valence-electron chi connectivity index (χ0n) is 14.7.